The number of aromatic nitrogens is 1. The molecular weight excluding hydrogens is 291 g/mol. The highest BCUT2D eigenvalue weighted by molar-refractivity contribution is 5.84. The number of hydrogen-bond acceptors (Lipinski definition) is 2. The van der Waals surface area contributed by atoms with Crippen LogP contribution in [0.25, 0.3) is 10.9 Å². The second-order valence-corrected chi connectivity index (χ2v) is 5.88. The zero-order valence-corrected chi connectivity index (χ0v) is 13.4. The van der Waals surface area contributed by atoms with Crippen molar-refractivity contribution < 1.29 is 9.13 Å². The first-order chi connectivity index (χ1) is 11.1. The largest absolute Gasteiger partial charge is 0.484 e. The molecule has 0 aliphatic carbocycles. The molecule has 2 N–H and O–H groups in total. The average molecular weight is 312 g/mol. The number of nitrogens with two attached hydrogens (primary N) is 1. The van der Waals surface area contributed by atoms with Gasteiger partial charge in [-0.25, -0.2) is 4.39 Å². The summed E-state index contributed by atoms with van der Waals surface area (Å²) in [6, 6.07) is 14.9. The molecule has 3 nitrogen and oxygen atoms in total. The van der Waals surface area contributed by atoms with Crippen LogP contribution in [0.4, 0.5) is 4.39 Å². The first-order valence-electron chi connectivity index (χ1n) is 7.81. The first kappa shape index (κ1) is 15.6. The lowest BCUT2D eigenvalue weighted by Gasteiger charge is -2.17. The first-order valence-corrected chi connectivity index (χ1v) is 7.81. The van der Waals surface area contributed by atoms with Gasteiger partial charge < -0.3 is 15.0 Å². The molecule has 0 saturated heterocycles. The fourth-order valence-corrected chi connectivity index (χ4v) is 2.99. The van der Waals surface area contributed by atoms with Crippen molar-refractivity contribution >= 4 is 10.9 Å². The van der Waals surface area contributed by atoms with Crippen LogP contribution in [0, 0.1) is 5.82 Å². The van der Waals surface area contributed by atoms with Crippen molar-refractivity contribution in [2.24, 2.45) is 5.73 Å². The zero-order valence-electron chi connectivity index (χ0n) is 13.4. The van der Waals surface area contributed by atoms with Crippen LogP contribution in [0.15, 0.2) is 48.5 Å². The Hall–Kier alpha value is -2.33. The van der Waals surface area contributed by atoms with Crippen molar-refractivity contribution in [2.75, 3.05) is 0 Å². The van der Waals surface area contributed by atoms with Gasteiger partial charge in [-0.3, -0.25) is 0 Å². The second kappa shape index (κ2) is 6.42. The molecule has 0 saturated carbocycles. The number of ether oxygens (including phenoxy) is 1. The Morgan fingerprint density at radius 2 is 1.91 bits per heavy atom. The molecule has 23 heavy (non-hydrogen) atoms. The number of fused-ring (bicyclic) bond motifs is 1. The summed E-state index contributed by atoms with van der Waals surface area (Å²) < 4.78 is 21.6. The van der Waals surface area contributed by atoms with Gasteiger partial charge in [0.15, 0.2) is 11.6 Å². The van der Waals surface area contributed by atoms with Crippen LogP contribution in [0.1, 0.15) is 31.1 Å². The van der Waals surface area contributed by atoms with Gasteiger partial charge in [-0.2, -0.15) is 0 Å². The Kier molecular flexibility index (Phi) is 4.35. The molecule has 0 fully saturated rings. The van der Waals surface area contributed by atoms with Gasteiger partial charge in [-0.05, 0) is 37.6 Å². The van der Waals surface area contributed by atoms with Gasteiger partial charge in [0.05, 0.1) is 11.2 Å². The van der Waals surface area contributed by atoms with Crippen molar-refractivity contribution in [2.45, 2.75) is 33.0 Å². The predicted molar refractivity (Wildman–Crippen MR) is 90.9 cm³/mol. The smallest absolute Gasteiger partial charge is 0.165 e. The van der Waals surface area contributed by atoms with Gasteiger partial charge >= 0.3 is 0 Å². The van der Waals surface area contributed by atoms with E-state index < -0.39 is 0 Å². The molecule has 0 spiro atoms. The van der Waals surface area contributed by atoms with Crippen LogP contribution < -0.4 is 10.5 Å². The minimum absolute atomic E-state index is 0.263. The van der Waals surface area contributed by atoms with E-state index in [0.29, 0.717) is 13.2 Å². The summed E-state index contributed by atoms with van der Waals surface area (Å²) in [7, 11) is 0. The van der Waals surface area contributed by atoms with E-state index in [1.54, 1.807) is 18.2 Å². The molecule has 1 aromatic heterocycles. The maximum Gasteiger partial charge on any atom is 0.165 e. The molecule has 2 aromatic carbocycles. The summed E-state index contributed by atoms with van der Waals surface area (Å²) in [5.74, 6) is -0.0746. The van der Waals surface area contributed by atoms with E-state index in [1.165, 1.54) is 6.07 Å². The van der Waals surface area contributed by atoms with Gasteiger partial charge in [0.2, 0.25) is 0 Å². The van der Waals surface area contributed by atoms with Gasteiger partial charge in [-0.1, -0.05) is 30.3 Å². The van der Waals surface area contributed by atoms with E-state index in [2.05, 4.69) is 30.5 Å². The molecule has 0 aliphatic rings. The number of nitrogens with zero attached hydrogens (tertiary/aromatic N) is 1. The average Bonchev–Trinajstić information content (AvgIpc) is 2.92. The van der Waals surface area contributed by atoms with Crippen LogP contribution in [-0.2, 0) is 13.2 Å². The van der Waals surface area contributed by atoms with Gasteiger partial charge in [-0.15, -0.1) is 0 Å². The van der Waals surface area contributed by atoms with E-state index in [-0.39, 0.29) is 17.6 Å². The van der Waals surface area contributed by atoms with Crippen molar-refractivity contribution in [3.8, 4) is 5.75 Å². The lowest BCUT2D eigenvalue weighted by Crippen LogP contribution is -2.10. The number of hydrogen-bond donors (Lipinski definition) is 1. The van der Waals surface area contributed by atoms with Crippen LogP contribution in [0.3, 0.4) is 0 Å². The second-order valence-electron chi connectivity index (χ2n) is 5.88. The van der Waals surface area contributed by atoms with E-state index >= 15 is 0 Å². The van der Waals surface area contributed by atoms with E-state index in [1.807, 2.05) is 12.1 Å². The molecule has 0 unspecified atom stereocenters. The fourth-order valence-electron chi connectivity index (χ4n) is 2.99. The van der Waals surface area contributed by atoms with Gasteiger partial charge in [0.25, 0.3) is 0 Å². The Labute approximate surface area is 135 Å². The molecule has 0 aliphatic heterocycles. The third-order valence-corrected chi connectivity index (χ3v) is 3.97. The lowest BCUT2D eigenvalue weighted by atomic mass is 10.1. The zero-order chi connectivity index (χ0) is 16.4. The maximum atomic E-state index is 13.7. The van der Waals surface area contributed by atoms with Crippen LogP contribution >= 0.6 is 0 Å². The molecule has 120 valence electrons. The van der Waals surface area contributed by atoms with Crippen molar-refractivity contribution in [1.82, 2.24) is 4.57 Å². The minimum atomic E-state index is -0.345. The van der Waals surface area contributed by atoms with Crippen LogP contribution in [0.5, 0.6) is 5.75 Å². The van der Waals surface area contributed by atoms with Crippen LogP contribution in [0.2, 0.25) is 0 Å². The van der Waals surface area contributed by atoms with E-state index in [9.17, 15) is 4.39 Å². The quantitative estimate of drug-likeness (QED) is 0.758. The SMILES string of the molecule is CC(C)n1c(COc2ccccc2F)cc2cccc(CN)c21. The monoisotopic (exact) mass is 312 g/mol. The third kappa shape index (κ3) is 2.94. The highest BCUT2D eigenvalue weighted by Crippen LogP contribution is 2.28. The Morgan fingerprint density at radius 3 is 2.61 bits per heavy atom. The topological polar surface area (TPSA) is 40.2 Å². The normalized spacial score (nSPS) is 11.3. The highest BCUT2D eigenvalue weighted by atomic mass is 19.1. The summed E-state index contributed by atoms with van der Waals surface area (Å²) in [5, 5.41) is 1.13. The summed E-state index contributed by atoms with van der Waals surface area (Å²) in [4.78, 5) is 0. The standard InChI is InChI=1S/C19H21FN2O/c1-13(2)22-16(12-23-18-9-4-3-8-17(18)20)10-14-6-5-7-15(11-21)19(14)22/h3-10,13H,11-12,21H2,1-2H3. The summed E-state index contributed by atoms with van der Waals surface area (Å²) >= 11 is 0. The lowest BCUT2D eigenvalue weighted by molar-refractivity contribution is 0.279. The van der Waals surface area contributed by atoms with Crippen molar-refractivity contribution in [1.29, 1.82) is 0 Å². The molecule has 4 heteroatoms. The number of para-hydroxylation sites is 2. The highest BCUT2D eigenvalue weighted by Gasteiger charge is 2.15. The van der Waals surface area contributed by atoms with Gasteiger partial charge in [0, 0.05) is 18.0 Å². The van der Waals surface area contributed by atoms with Crippen molar-refractivity contribution in [3.63, 3.8) is 0 Å². The summed E-state index contributed by atoms with van der Waals surface area (Å²) in [6.07, 6.45) is 0. The molecule has 1 heterocycles. The number of rotatable bonds is 5. The minimum Gasteiger partial charge on any atom is -0.484 e. The Morgan fingerprint density at radius 1 is 1.13 bits per heavy atom. The van der Waals surface area contributed by atoms with E-state index in [4.69, 9.17) is 10.5 Å². The third-order valence-electron chi connectivity index (χ3n) is 3.97. The molecule has 3 rings (SSSR count). The molecule has 0 radical (unpaired) electrons. The summed E-state index contributed by atoms with van der Waals surface area (Å²) in [6.45, 7) is 5.05. The van der Waals surface area contributed by atoms with E-state index in [0.717, 1.165) is 22.2 Å². The molecular formula is C19H21FN2O. The number of halogens is 1. The van der Waals surface area contributed by atoms with Crippen molar-refractivity contribution in [3.05, 3.63) is 65.6 Å². The van der Waals surface area contributed by atoms with Gasteiger partial charge in [0.1, 0.15) is 6.61 Å². The molecule has 3 aromatic rings. The predicted octanol–water partition coefficient (Wildman–Crippen LogP) is 4.40. The van der Waals surface area contributed by atoms with Crippen LogP contribution in [-0.4, -0.2) is 4.57 Å². The maximum absolute atomic E-state index is 13.7. The Bertz CT molecular complexity index is 823. The fraction of sp³-hybridized carbons (Fsp3) is 0.263. The number of benzene rings is 2. The molecule has 0 bridgehead atoms. The Balaban J connectivity index is 2.00. The molecule has 0 atom stereocenters. The molecule has 0 amide bonds. The summed E-state index contributed by atoms with van der Waals surface area (Å²) in [5.41, 5.74) is 9.14.